The van der Waals surface area contributed by atoms with Gasteiger partial charge in [0.05, 0.1) is 11.5 Å². The standard InChI is InChI=1S/C17H26N2/c1-14(2)15-7-9-16(10-8-15)19-12-6-5-11-17(3,4)13-18/h7-10,14,19H,5-6,11-12H2,1-4H3. The van der Waals surface area contributed by atoms with Gasteiger partial charge in [0.2, 0.25) is 0 Å². The van der Waals surface area contributed by atoms with Crippen LogP contribution in [0.4, 0.5) is 5.69 Å². The Morgan fingerprint density at radius 2 is 1.79 bits per heavy atom. The van der Waals surface area contributed by atoms with Crippen molar-refractivity contribution in [2.24, 2.45) is 5.41 Å². The van der Waals surface area contributed by atoms with Crippen molar-refractivity contribution >= 4 is 5.69 Å². The Balaban J connectivity index is 2.25. The number of hydrogen-bond donors (Lipinski definition) is 1. The summed E-state index contributed by atoms with van der Waals surface area (Å²) in [6, 6.07) is 11.0. The van der Waals surface area contributed by atoms with Crippen molar-refractivity contribution in [3.05, 3.63) is 29.8 Å². The van der Waals surface area contributed by atoms with Crippen molar-refractivity contribution in [2.75, 3.05) is 11.9 Å². The van der Waals surface area contributed by atoms with Crippen LogP contribution >= 0.6 is 0 Å². The van der Waals surface area contributed by atoms with E-state index in [-0.39, 0.29) is 5.41 Å². The summed E-state index contributed by atoms with van der Waals surface area (Å²) in [6.45, 7) is 9.40. The first-order valence-electron chi connectivity index (χ1n) is 7.20. The summed E-state index contributed by atoms with van der Waals surface area (Å²) >= 11 is 0. The third kappa shape index (κ3) is 5.79. The summed E-state index contributed by atoms with van der Waals surface area (Å²) in [4.78, 5) is 0. The van der Waals surface area contributed by atoms with Crippen LogP contribution in [0.3, 0.4) is 0 Å². The lowest BCUT2D eigenvalue weighted by Crippen LogP contribution is -2.09. The minimum Gasteiger partial charge on any atom is -0.385 e. The molecule has 1 aromatic carbocycles. The maximum Gasteiger partial charge on any atom is 0.0683 e. The van der Waals surface area contributed by atoms with Crippen molar-refractivity contribution in [1.29, 1.82) is 5.26 Å². The molecule has 1 rings (SSSR count). The summed E-state index contributed by atoms with van der Waals surface area (Å²) < 4.78 is 0. The Labute approximate surface area is 117 Å². The lowest BCUT2D eigenvalue weighted by atomic mass is 9.89. The molecule has 0 aromatic heterocycles. The molecule has 1 aromatic rings. The number of nitriles is 1. The maximum absolute atomic E-state index is 8.93. The van der Waals surface area contributed by atoms with E-state index in [1.807, 2.05) is 13.8 Å². The van der Waals surface area contributed by atoms with E-state index in [0.717, 1.165) is 25.8 Å². The molecule has 0 amide bonds. The smallest absolute Gasteiger partial charge is 0.0683 e. The fourth-order valence-electron chi connectivity index (χ4n) is 1.97. The number of nitrogens with zero attached hydrogens (tertiary/aromatic N) is 1. The summed E-state index contributed by atoms with van der Waals surface area (Å²) in [5, 5.41) is 12.4. The highest BCUT2D eigenvalue weighted by Crippen LogP contribution is 2.22. The van der Waals surface area contributed by atoms with Crippen LogP contribution in [-0.4, -0.2) is 6.54 Å². The van der Waals surface area contributed by atoms with Gasteiger partial charge in [0.25, 0.3) is 0 Å². The molecule has 2 nitrogen and oxygen atoms in total. The van der Waals surface area contributed by atoms with Gasteiger partial charge in [-0.25, -0.2) is 0 Å². The van der Waals surface area contributed by atoms with Crippen LogP contribution in [0.5, 0.6) is 0 Å². The molecule has 0 bridgehead atoms. The molecule has 0 fully saturated rings. The Morgan fingerprint density at radius 3 is 2.32 bits per heavy atom. The number of anilines is 1. The average molecular weight is 258 g/mol. The highest BCUT2D eigenvalue weighted by Gasteiger charge is 2.15. The molecule has 0 saturated heterocycles. The van der Waals surface area contributed by atoms with Gasteiger partial charge in [-0.3, -0.25) is 0 Å². The Bertz CT molecular complexity index is 410. The van der Waals surface area contributed by atoms with Crippen molar-refractivity contribution in [3.63, 3.8) is 0 Å². The summed E-state index contributed by atoms with van der Waals surface area (Å²) in [6.07, 6.45) is 3.17. The number of benzene rings is 1. The Hall–Kier alpha value is -1.49. The first-order valence-corrected chi connectivity index (χ1v) is 7.20. The molecule has 104 valence electrons. The largest absolute Gasteiger partial charge is 0.385 e. The predicted molar refractivity (Wildman–Crippen MR) is 82.3 cm³/mol. The van der Waals surface area contributed by atoms with Crippen LogP contribution in [-0.2, 0) is 0 Å². The summed E-state index contributed by atoms with van der Waals surface area (Å²) in [7, 11) is 0. The second-order valence-electron chi connectivity index (χ2n) is 6.16. The average Bonchev–Trinajstić information content (AvgIpc) is 2.39. The highest BCUT2D eigenvalue weighted by molar-refractivity contribution is 5.44. The molecule has 2 heteroatoms. The molecule has 0 unspecified atom stereocenters. The van der Waals surface area contributed by atoms with E-state index in [2.05, 4.69) is 49.5 Å². The van der Waals surface area contributed by atoms with Crippen LogP contribution in [0.1, 0.15) is 58.4 Å². The first kappa shape index (κ1) is 15.6. The second-order valence-corrected chi connectivity index (χ2v) is 6.16. The topological polar surface area (TPSA) is 35.8 Å². The van der Waals surface area contributed by atoms with Crippen LogP contribution in [0.2, 0.25) is 0 Å². The minimum atomic E-state index is -0.182. The number of hydrogen-bond acceptors (Lipinski definition) is 2. The molecule has 0 radical (unpaired) electrons. The lowest BCUT2D eigenvalue weighted by molar-refractivity contribution is 0.430. The number of rotatable bonds is 7. The van der Waals surface area contributed by atoms with E-state index in [4.69, 9.17) is 5.26 Å². The molecular weight excluding hydrogens is 232 g/mol. The molecule has 0 aliphatic heterocycles. The zero-order valence-corrected chi connectivity index (χ0v) is 12.7. The van der Waals surface area contributed by atoms with E-state index in [1.165, 1.54) is 11.3 Å². The molecule has 0 atom stereocenters. The normalized spacial score (nSPS) is 11.4. The summed E-state index contributed by atoms with van der Waals surface area (Å²) in [5.41, 5.74) is 2.38. The van der Waals surface area contributed by atoms with E-state index in [0.29, 0.717) is 5.92 Å². The Morgan fingerprint density at radius 1 is 1.16 bits per heavy atom. The second kappa shape index (κ2) is 7.19. The fraction of sp³-hybridized carbons (Fsp3) is 0.588. The van der Waals surface area contributed by atoms with Gasteiger partial charge >= 0.3 is 0 Å². The van der Waals surface area contributed by atoms with E-state index >= 15 is 0 Å². The molecule has 0 aliphatic carbocycles. The number of nitrogens with one attached hydrogen (secondary N) is 1. The van der Waals surface area contributed by atoms with Crippen molar-refractivity contribution in [1.82, 2.24) is 0 Å². The van der Waals surface area contributed by atoms with E-state index < -0.39 is 0 Å². The quantitative estimate of drug-likeness (QED) is 0.703. The molecule has 1 N–H and O–H groups in total. The molecular formula is C17H26N2. The minimum absolute atomic E-state index is 0.182. The molecule has 0 heterocycles. The van der Waals surface area contributed by atoms with Gasteiger partial charge in [-0.2, -0.15) is 5.26 Å². The van der Waals surface area contributed by atoms with Crippen molar-refractivity contribution in [2.45, 2.75) is 52.9 Å². The lowest BCUT2D eigenvalue weighted by Gasteiger charge is -2.14. The third-order valence-electron chi connectivity index (χ3n) is 3.44. The van der Waals surface area contributed by atoms with Gasteiger partial charge < -0.3 is 5.32 Å². The van der Waals surface area contributed by atoms with Crippen molar-refractivity contribution in [3.8, 4) is 6.07 Å². The predicted octanol–water partition coefficient (Wildman–Crippen LogP) is 4.94. The zero-order valence-electron chi connectivity index (χ0n) is 12.7. The summed E-state index contributed by atoms with van der Waals surface area (Å²) in [5.74, 6) is 0.585. The van der Waals surface area contributed by atoms with Crippen molar-refractivity contribution < 1.29 is 0 Å². The van der Waals surface area contributed by atoms with Crippen LogP contribution < -0.4 is 5.32 Å². The van der Waals surface area contributed by atoms with Gasteiger partial charge in [0.1, 0.15) is 0 Å². The van der Waals surface area contributed by atoms with Gasteiger partial charge in [-0.05, 0) is 50.3 Å². The first-order chi connectivity index (χ1) is 8.94. The van der Waals surface area contributed by atoms with Gasteiger partial charge in [-0.1, -0.05) is 32.4 Å². The third-order valence-corrected chi connectivity index (χ3v) is 3.44. The molecule has 0 spiro atoms. The molecule has 0 aliphatic rings. The van der Waals surface area contributed by atoms with Crippen LogP contribution in [0.25, 0.3) is 0 Å². The van der Waals surface area contributed by atoms with Crippen LogP contribution in [0, 0.1) is 16.7 Å². The van der Waals surface area contributed by atoms with E-state index in [1.54, 1.807) is 0 Å². The van der Waals surface area contributed by atoms with E-state index in [9.17, 15) is 0 Å². The van der Waals surface area contributed by atoms with Gasteiger partial charge in [0, 0.05) is 12.2 Å². The number of unbranched alkanes of at least 4 members (excludes halogenated alkanes) is 1. The SMILES string of the molecule is CC(C)c1ccc(NCCCCC(C)(C)C#N)cc1. The monoisotopic (exact) mass is 258 g/mol. The Kier molecular flexibility index (Phi) is 5.89. The zero-order chi connectivity index (χ0) is 14.3. The molecule has 19 heavy (non-hydrogen) atoms. The van der Waals surface area contributed by atoms with Crippen LogP contribution in [0.15, 0.2) is 24.3 Å². The molecule has 0 saturated carbocycles. The highest BCUT2D eigenvalue weighted by atomic mass is 14.9. The maximum atomic E-state index is 8.93. The van der Waals surface area contributed by atoms with Gasteiger partial charge in [-0.15, -0.1) is 0 Å². The van der Waals surface area contributed by atoms with Gasteiger partial charge in [0.15, 0.2) is 0 Å². The fourth-order valence-corrected chi connectivity index (χ4v) is 1.97.